The van der Waals surface area contributed by atoms with Gasteiger partial charge in [0.2, 0.25) is 0 Å². The van der Waals surface area contributed by atoms with Crippen LogP contribution >= 0.6 is 0 Å². The quantitative estimate of drug-likeness (QED) is 0.671. The molecule has 0 radical (unpaired) electrons. The van der Waals surface area contributed by atoms with E-state index >= 15 is 0 Å². The number of nitrogens with zero attached hydrogens (tertiary/aromatic N) is 1. The summed E-state index contributed by atoms with van der Waals surface area (Å²) in [6.07, 6.45) is 7.49. The Morgan fingerprint density at radius 1 is 1.50 bits per heavy atom. The Morgan fingerprint density at radius 2 is 2.36 bits per heavy atom. The van der Waals surface area contributed by atoms with Crippen LogP contribution < -0.4 is 5.32 Å². The maximum atomic E-state index is 10.7. The third kappa shape index (κ3) is 1.85. The Bertz CT molecular complexity index is 286. The molecule has 4 nitrogen and oxygen atoms in total. The number of nitrogens with one attached hydrogen (secondary N) is 1. The van der Waals surface area contributed by atoms with Gasteiger partial charge >= 0.3 is 5.97 Å². The largest absolute Gasteiger partial charge is 0.480 e. The summed E-state index contributed by atoms with van der Waals surface area (Å²) in [6, 6.07) is -0.0795. The van der Waals surface area contributed by atoms with Crippen molar-refractivity contribution in [1.29, 1.82) is 0 Å². The maximum absolute atomic E-state index is 10.7. The lowest BCUT2D eigenvalue weighted by Crippen LogP contribution is -2.39. The average Bonchev–Trinajstić information content (AvgIpc) is 2.68. The lowest BCUT2D eigenvalue weighted by Gasteiger charge is -2.20. The first-order chi connectivity index (χ1) is 6.77. The molecule has 14 heavy (non-hydrogen) atoms. The number of aliphatic imine (C=N–C) groups is 1. The van der Waals surface area contributed by atoms with Crippen molar-refractivity contribution < 1.29 is 9.90 Å². The Kier molecular flexibility index (Phi) is 2.63. The number of hydrogen-bond acceptors (Lipinski definition) is 3. The summed E-state index contributed by atoms with van der Waals surface area (Å²) in [4.78, 5) is 14.9. The lowest BCUT2D eigenvalue weighted by molar-refractivity contribution is -0.139. The van der Waals surface area contributed by atoms with Gasteiger partial charge in [-0.05, 0) is 18.9 Å². The smallest absolute Gasteiger partial charge is 0.320 e. The van der Waals surface area contributed by atoms with E-state index in [0.717, 1.165) is 19.4 Å². The molecule has 2 rings (SSSR count). The van der Waals surface area contributed by atoms with E-state index in [4.69, 9.17) is 5.11 Å². The van der Waals surface area contributed by atoms with Crippen molar-refractivity contribution in [2.24, 2.45) is 10.9 Å². The van der Waals surface area contributed by atoms with Crippen LogP contribution in [-0.2, 0) is 4.79 Å². The molecule has 4 heteroatoms. The third-order valence-electron chi connectivity index (χ3n) is 2.86. The highest BCUT2D eigenvalue weighted by molar-refractivity contribution is 5.74. The normalized spacial score (nSPS) is 36.1. The van der Waals surface area contributed by atoms with Gasteiger partial charge in [0.25, 0.3) is 0 Å². The van der Waals surface area contributed by atoms with E-state index in [0.29, 0.717) is 5.92 Å². The molecule has 1 fully saturated rings. The van der Waals surface area contributed by atoms with Gasteiger partial charge in [-0.3, -0.25) is 9.79 Å². The predicted molar refractivity (Wildman–Crippen MR) is 53.6 cm³/mol. The molecule has 2 N–H and O–H groups in total. The molecule has 1 saturated heterocycles. The minimum absolute atomic E-state index is 0.282. The van der Waals surface area contributed by atoms with Crippen LogP contribution in [0.1, 0.15) is 12.8 Å². The first kappa shape index (κ1) is 9.40. The number of aliphatic carboxylic acids is 1. The molecule has 2 aliphatic rings. The molecule has 0 spiro atoms. The van der Waals surface area contributed by atoms with Crippen LogP contribution in [0, 0.1) is 5.92 Å². The van der Waals surface area contributed by atoms with Crippen molar-refractivity contribution >= 4 is 12.2 Å². The number of dihydropyridines is 1. The van der Waals surface area contributed by atoms with Gasteiger partial charge in [-0.15, -0.1) is 0 Å². The monoisotopic (exact) mass is 194 g/mol. The number of carbonyl (C=O) groups is 1. The first-order valence-electron chi connectivity index (χ1n) is 4.93. The van der Waals surface area contributed by atoms with Crippen LogP contribution in [-0.4, -0.2) is 35.9 Å². The van der Waals surface area contributed by atoms with Crippen molar-refractivity contribution in [3.8, 4) is 0 Å². The second-order valence-electron chi connectivity index (χ2n) is 3.80. The fourth-order valence-corrected chi connectivity index (χ4v) is 2.06. The summed E-state index contributed by atoms with van der Waals surface area (Å²) in [5, 5.41) is 12.0. The van der Waals surface area contributed by atoms with Crippen LogP contribution in [0.3, 0.4) is 0 Å². The van der Waals surface area contributed by atoms with Crippen LogP contribution in [0.5, 0.6) is 0 Å². The van der Waals surface area contributed by atoms with Crippen LogP contribution in [0.2, 0.25) is 0 Å². The maximum Gasteiger partial charge on any atom is 0.320 e. The SMILES string of the molecule is O=C(O)C1CCC(C2C=CC=NC2)N1. The van der Waals surface area contributed by atoms with Crippen LogP contribution in [0.25, 0.3) is 0 Å². The molecule has 0 bridgehead atoms. The van der Waals surface area contributed by atoms with E-state index in [-0.39, 0.29) is 12.1 Å². The Morgan fingerprint density at radius 3 is 2.93 bits per heavy atom. The van der Waals surface area contributed by atoms with E-state index < -0.39 is 5.97 Å². The van der Waals surface area contributed by atoms with Gasteiger partial charge in [-0.25, -0.2) is 0 Å². The number of rotatable bonds is 2. The molecular weight excluding hydrogens is 180 g/mol. The molecule has 0 aromatic heterocycles. The fourth-order valence-electron chi connectivity index (χ4n) is 2.06. The highest BCUT2D eigenvalue weighted by atomic mass is 16.4. The summed E-state index contributed by atoms with van der Waals surface area (Å²) in [7, 11) is 0. The second kappa shape index (κ2) is 3.92. The average molecular weight is 194 g/mol. The molecule has 0 aliphatic carbocycles. The van der Waals surface area contributed by atoms with Gasteiger partial charge < -0.3 is 10.4 Å². The lowest BCUT2D eigenvalue weighted by atomic mass is 9.97. The van der Waals surface area contributed by atoms with E-state index in [9.17, 15) is 4.79 Å². The van der Waals surface area contributed by atoms with Gasteiger partial charge in [0, 0.05) is 24.7 Å². The summed E-state index contributed by atoms with van der Waals surface area (Å²) in [5.41, 5.74) is 0. The van der Waals surface area contributed by atoms with E-state index in [1.165, 1.54) is 0 Å². The molecule has 3 atom stereocenters. The Balaban J connectivity index is 1.92. The van der Waals surface area contributed by atoms with Crippen molar-refractivity contribution in [2.75, 3.05) is 6.54 Å². The van der Waals surface area contributed by atoms with E-state index in [1.54, 1.807) is 6.21 Å². The van der Waals surface area contributed by atoms with Crippen molar-refractivity contribution in [2.45, 2.75) is 24.9 Å². The van der Waals surface area contributed by atoms with Crippen LogP contribution in [0.4, 0.5) is 0 Å². The molecule has 2 aliphatic heterocycles. The third-order valence-corrected chi connectivity index (χ3v) is 2.86. The van der Waals surface area contributed by atoms with Crippen molar-refractivity contribution in [1.82, 2.24) is 5.32 Å². The molecule has 76 valence electrons. The zero-order chi connectivity index (χ0) is 9.97. The topological polar surface area (TPSA) is 61.7 Å². The Hall–Kier alpha value is -1.16. The van der Waals surface area contributed by atoms with Gasteiger partial charge in [0.15, 0.2) is 0 Å². The van der Waals surface area contributed by atoms with Gasteiger partial charge in [0.05, 0.1) is 0 Å². The molecule has 0 saturated carbocycles. The summed E-state index contributed by atoms with van der Waals surface area (Å²) in [6.45, 7) is 0.778. The highest BCUT2D eigenvalue weighted by Gasteiger charge is 2.32. The Labute approximate surface area is 82.7 Å². The predicted octanol–water partition coefficient (Wildman–Crippen LogP) is 0.448. The number of carboxylic acid groups (broad SMARTS) is 1. The molecule has 0 aromatic rings. The number of allylic oxidation sites excluding steroid dienone is 1. The minimum Gasteiger partial charge on any atom is -0.480 e. The minimum atomic E-state index is -0.740. The van der Waals surface area contributed by atoms with Crippen molar-refractivity contribution in [3.63, 3.8) is 0 Å². The first-order valence-corrected chi connectivity index (χ1v) is 4.93. The number of carboxylic acids is 1. The summed E-state index contributed by atoms with van der Waals surface area (Å²) in [5.74, 6) is -0.375. The molecular formula is C10H14N2O2. The van der Waals surface area contributed by atoms with E-state index in [1.807, 2.05) is 6.08 Å². The second-order valence-corrected chi connectivity index (χ2v) is 3.80. The molecule has 0 aromatic carbocycles. The molecule has 2 heterocycles. The zero-order valence-corrected chi connectivity index (χ0v) is 7.89. The van der Waals surface area contributed by atoms with Gasteiger partial charge in [-0.1, -0.05) is 6.08 Å². The van der Waals surface area contributed by atoms with Crippen molar-refractivity contribution in [3.05, 3.63) is 12.2 Å². The van der Waals surface area contributed by atoms with E-state index in [2.05, 4.69) is 16.4 Å². The highest BCUT2D eigenvalue weighted by Crippen LogP contribution is 2.21. The standard InChI is InChI=1S/C10H14N2O2/c13-10(14)9-4-3-8(12-9)7-2-1-5-11-6-7/h1-2,5,7-9,12H,3-4,6H2,(H,13,14). The van der Waals surface area contributed by atoms with Crippen LogP contribution in [0.15, 0.2) is 17.1 Å². The summed E-state index contributed by atoms with van der Waals surface area (Å²) < 4.78 is 0. The molecule has 0 amide bonds. The van der Waals surface area contributed by atoms with Gasteiger partial charge in [0.1, 0.15) is 6.04 Å². The number of hydrogen-bond donors (Lipinski definition) is 2. The summed E-state index contributed by atoms with van der Waals surface area (Å²) >= 11 is 0. The van der Waals surface area contributed by atoms with Gasteiger partial charge in [-0.2, -0.15) is 0 Å². The molecule has 3 unspecified atom stereocenters. The zero-order valence-electron chi connectivity index (χ0n) is 7.89. The fraction of sp³-hybridized carbons (Fsp3) is 0.600.